The van der Waals surface area contributed by atoms with Crippen molar-refractivity contribution < 1.29 is 9.59 Å². The standard InChI is InChI=1S/C14H20O2/c1-3-7-14-8-4-5-12(16)13(14,2)9-6-11(15)10-14/h3H,1,4-10H2,2H3/t13-,14-/m1/s1. The number of fused-ring (bicyclic) bond motifs is 1. The predicted molar refractivity (Wildman–Crippen MR) is 63.1 cm³/mol. The van der Waals surface area contributed by atoms with Crippen LogP contribution >= 0.6 is 0 Å². The third-order valence-corrected chi connectivity index (χ3v) is 4.82. The molecule has 16 heavy (non-hydrogen) atoms. The molecule has 2 nitrogen and oxygen atoms in total. The van der Waals surface area contributed by atoms with Gasteiger partial charge in [0.05, 0.1) is 0 Å². The molecule has 2 aliphatic rings. The van der Waals surface area contributed by atoms with Gasteiger partial charge in [0.2, 0.25) is 0 Å². The van der Waals surface area contributed by atoms with Gasteiger partial charge in [-0.25, -0.2) is 0 Å². The normalized spacial score (nSPS) is 39.3. The molecule has 0 spiro atoms. The Labute approximate surface area is 97.1 Å². The van der Waals surface area contributed by atoms with Crippen LogP contribution in [-0.4, -0.2) is 11.6 Å². The van der Waals surface area contributed by atoms with Crippen LogP contribution in [0.1, 0.15) is 51.9 Å². The van der Waals surface area contributed by atoms with E-state index in [4.69, 9.17) is 0 Å². The number of hydrogen-bond acceptors (Lipinski definition) is 2. The lowest BCUT2D eigenvalue weighted by molar-refractivity contribution is -0.151. The second-order valence-electron chi connectivity index (χ2n) is 5.60. The van der Waals surface area contributed by atoms with Crippen molar-refractivity contribution in [1.82, 2.24) is 0 Å². The molecule has 0 saturated heterocycles. The first-order valence-electron chi connectivity index (χ1n) is 6.20. The number of ketones is 2. The molecular weight excluding hydrogens is 200 g/mol. The van der Waals surface area contributed by atoms with E-state index in [0.29, 0.717) is 30.8 Å². The minimum Gasteiger partial charge on any atom is -0.300 e. The second kappa shape index (κ2) is 3.83. The Morgan fingerprint density at radius 1 is 1.31 bits per heavy atom. The molecule has 0 N–H and O–H groups in total. The Kier molecular flexibility index (Phi) is 2.77. The van der Waals surface area contributed by atoms with Gasteiger partial charge in [-0.15, -0.1) is 6.58 Å². The van der Waals surface area contributed by atoms with E-state index >= 15 is 0 Å². The summed E-state index contributed by atoms with van der Waals surface area (Å²) in [6.07, 6.45) is 7.25. The number of allylic oxidation sites excluding steroid dienone is 1. The number of carbonyl (C=O) groups is 2. The Balaban J connectivity index is 2.40. The second-order valence-corrected chi connectivity index (χ2v) is 5.60. The first kappa shape index (κ1) is 11.6. The highest BCUT2D eigenvalue weighted by Gasteiger charge is 2.56. The van der Waals surface area contributed by atoms with Crippen molar-refractivity contribution in [3.05, 3.63) is 12.7 Å². The Bertz CT molecular complexity index is 345. The topological polar surface area (TPSA) is 34.1 Å². The molecule has 0 bridgehead atoms. The third-order valence-electron chi connectivity index (χ3n) is 4.82. The zero-order valence-electron chi connectivity index (χ0n) is 10.1. The average Bonchev–Trinajstić information content (AvgIpc) is 2.23. The molecule has 2 aliphatic carbocycles. The number of Topliss-reactive ketones (excluding diaryl/α,β-unsaturated/α-hetero) is 2. The van der Waals surface area contributed by atoms with Gasteiger partial charge in [0.25, 0.3) is 0 Å². The molecule has 0 radical (unpaired) electrons. The van der Waals surface area contributed by atoms with Gasteiger partial charge in [0, 0.05) is 24.7 Å². The van der Waals surface area contributed by atoms with Gasteiger partial charge in [-0.3, -0.25) is 9.59 Å². The Morgan fingerprint density at radius 3 is 2.75 bits per heavy atom. The van der Waals surface area contributed by atoms with E-state index in [1.165, 1.54) is 0 Å². The van der Waals surface area contributed by atoms with Crippen LogP contribution in [0.4, 0.5) is 0 Å². The third kappa shape index (κ3) is 1.47. The minimum atomic E-state index is -0.270. The lowest BCUT2D eigenvalue weighted by Gasteiger charge is -2.53. The van der Waals surface area contributed by atoms with Crippen LogP contribution in [0, 0.1) is 10.8 Å². The summed E-state index contributed by atoms with van der Waals surface area (Å²) >= 11 is 0. The molecular formula is C14H20O2. The van der Waals surface area contributed by atoms with Crippen molar-refractivity contribution in [3.63, 3.8) is 0 Å². The predicted octanol–water partition coefficient (Wildman–Crippen LogP) is 3.06. The molecule has 0 amide bonds. The van der Waals surface area contributed by atoms with Gasteiger partial charge in [0.1, 0.15) is 11.6 Å². The van der Waals surface area contributed by atoms with Crippen molar-refractivity contribution in [3.8, 4) is 0 Å². The van der Waals surface area contributed by atoms with Gasteiger partial charge in [-0.1, -0.05) is 13.0 Å². The van der Waals surface area contributed by atoms with Crippen molar-refractivity contribution in [2.75, 3.05) is 0 Å². The van der Waals surface area contributed by atoms with Crippen LogP contribution in [0.25, 0.3) is 0 Å². The summed E-state index contributed by atoms with van der Waals surface area (Å²) in [4.78, 5) is 23.9. The summed E-state index contributed by atoms with van der Waals surface area (Å²) in [6, 6.07) is 0. The monoisotopic (exact) mass is 220 g/mol. The summed E-state index contributed by atoms with van der Waals surface area (Å²) in [5.41, 5.74) is -0.382. The summed E-state index contributed by atoms with van der Waals surface area (Å²) < 4.78 is 0. The van der Waals surface area contributed by atoms with Crippen molar-refractivity contribution >= 4 is 11.6 Å². The fourth-order valence-corrected chi connectivity index (χ4v) is 3.65. The van der Waals surface area contributed by atoms with Gasteiger partial charge in [-0.2, -0.15) is 0 Å². The zero-order chi connectivity index (χ0) is 11.8. The van der Waals surface area contributed by atoms with Crippen LogP contribution in [0.5, 0.6) is 0 Å². The number of rotatable bonds is 2. The maximum Gasteiger partial charge on any atom is 0.139 e. The molecule has 0 aliphatic heterocycles. The minimum absolute atomic E-state index is 0.112. The maximum atomic E-state index is 12.2. The fraction of sp³-hybridized carbons (Fsp3) is 0.714. The first-order chi connectivity index (χ1) is 7.54. The van der Waals surface area contributed by atoms with Crippen molar-refractivity contribution in [2.45, 2.75) is 51.9 Å². The van der Waals surface area contributed by atoms with Crippen LogP contribution in [-0.2, 0) is 9.59 Å². The molecule has 2 heteroatoms. The summed E-state index contributed by atoms with van der Waals surface area (Å²) in [5, 5.41) is 0. The van der Waals surface area contributed by atoms with E-state index in [0.717, 1.165) is 25.7 Å². The van der Waals surface area contributed by atoms with Crippen LogP contribution in [0.2, 0.25) is 0 Å². The lowest BCUT2D eigenvalue weighted by atomic mass is 9.49. The van der Waals surface area contributed by atoms with Crippen LogP contribution in [0.3, 0.4) is 0 Å². The Morgan fingerprint density at radius 2 is 2.06 bits per heavy atom. The highest BCUT2D eigenvalue weighted by molar-refractivity contribution is 5.90. The molecule has 0 aromatic heterocycles. The zero-order valence-corrected chi connectivity index (χ0v) is 10.1. The van der Waals surface area contributed by atoms with Gasteiger partial charge >= 0.3 is 0 Å². The van der Waals surface area contributed by atoms with E-state index in [1.54, 1.807) is 0 Å². The summed E-state index contributed by atoms with van der Waals surface area (Å²) in [7, 11) is 0. The quantitative estimate of drug-likeness (QED) is 0.670. The highest BCUT2D eigenvalue weighted by atomic mass is 16.1. The molecule has 2 rings (SSSR count). The van der Waals surface area contributed by atoms with Crippen molar-refractivity contribution in [1.29, 1.82) is 0 Å². The molecule has 2 saturated carbocycles. The average molecular weight is 220 g/mol. The molecule has 0 aromatic carbocycles. The fourth-order valence-electron chi connectivity index (χ4n) is 3.65. The molecule has 88 valence electrons. The molecule has 0 heterocycles. The maximum absolute atomic E-state index is 12.2. The van der Waals surface area contributed by atoms with Crippen LogP contribution < -0.4 is 0 Å². The van der Waals surface area contributed by atoms with E-state index in [-0.39, 0.29) is 10.8 Å². The molecule has 0 aromatic rings. The Hall–Kier alpha value is -0.920. The van der Waals surface area contributed by atoms with Gasteiger partial charge in [-0.05, 0) is 31.1 Å². The first-order valence-corrected chi connectivity index (χ1v) is 6.20. The number of hydrogen-bond donors (Lipinski definition) is 0. The largest absolute Gasteiger partial charge is 0.300 e. The smallest absolute Gasteiger partial charge is 0.139 e. The summed E-state index contributed by atoms with van der Waals surface area (Å²) in [6.45, 7) is 5.87. The van der Waals surface area contributed by atoms with Crippen molar-refractivity contribution in [2.24, 2.45) is 10.8 Å². The summed E-state index contributed by atoms with van der Waals surface area (Å²) in [5.74, 6) is 0.696. The molecule has 0 unspecified atom stereocenters. The highest BCUT2D eigenvalue weighted by Crippen LogP contribution is 2.58. The van der Waals surface area contributed by atoms with Gasteiger partial charge < -0.3 is 0 Å². The van der Waals surface area contributed by atoms with E-state index < -0.39 is 0 Å². The van der Waals surface area contributed by atoms with E-state index in [2.05, 4.69) is 13.5 Å². The van der Waals surface area contributed by atoms with Gasteiger partial charge in [0.15, 0.2) is 0 Å². The lowest BCUT2D eigenvalue weighted by Crippen LogP contribution is -2.52. The van der Waals surface area contributed by atoms with E-state index in [9.17, 15) is 9.59 Å². The molecule has 2 fully saturated rings. The molecule has 2 atom stereocenters. The van der Waals surface area contributed by atoms with E-state index in [1.807, 2.05) is 6.08 Å². The van der Waals surface area contributed by atoms with Crippen LogP contribution in [0.15, 0.2) is 12.7 Å². The SMILES string of the molecule is C=CC[C@]12CCCC(=O)[C@@]1(C)CCC(=O)C2. The number of carbonyl (C=O) groups excluding carboxylic acids is 2.